The summed E-state index contributed by atoms with van der Waals surface area (Å²) in [5, 5.41) is 12.3. The molecule has 0 spiro atoms. The van der Waals surface area contributed by atoms with Crippen LogP contribution in [0, 0.1) is 22.7 Å². The summed E-state index contributed by atoms with van der Waals surface area (Å²) >= 11 is 0. The summed E-state index contributed by atoms with van der Waals surface area (Å²) in [4.78, 5) is 0. The first-order chi connectivity index (χ1) is 7.93. The smallest absolute Gasteiger partial charge is 0.0991 e. The molecule has 2 heteroatoms. The quantitative estimate of drug-likeness (QED) is 0.861. The van der Waals surface area contributed by atoms with Gasteiger partial charge in [-0.1, -0.05) is 39.8 Å². The van der Waals surface area contributed by atoms with Gasteiger partial charge in [0.1, 0.15) is 0 Å². The summed E-state index contributed by atoms with van der Waals surface area (Å²) in [6.45, 7) is 10.9. The maximum absolute atomic E-state index is 8.81. The highest BCUT2D eigenvalue weighted by atomic mass is 14.9. The number of rotatable bonds is 4. The molecule has 0 heterocycles. The minimum Gasteiger partial charge on any atom is -0.312 e. The minimum absolute atomic E-state index is 0.335. The normalized spacial score (nSPS) is 13.1. The molecule has 0 saturated heterocycles. The fraction of sp³-hybridized carbons (Fsp3) is 0.533. The highest BCUT2D eigenvalue weighted by molar-refractivity contribution is 5.32. The molecule has 0 fully saturated rings. The lowest BCUT2D eigenvalue weighted by Crippen LogP contribution is -2.29. The molecule has 0 radical (unpaired) electrons. The van der Waals surface area contributed by atoms with Crippen molar-refractivity contribution in [2.75, 3.05) is 6.54 Å². The van der Waals surface area contributed by atoms with Crippen molar-refractivity contribution in [2.24, 2.45) is 11.3 Å². The monoisotopic (exact) mass is 230 g/mol. The number of nitrogens with one attached hydrogen (secondary N) is 1. The van der Waals surface area contributed by atoms with Gasteiger partial charge in [-0.05, 0) is 35.6 Å². The molecule has 1 rings (SSSR count). The van der Waals surface area contributed by atoms with E-state index in [4.69, 9.17) is 5.26 Å². The largest absolute Gasteiger partial charge is 0.312 e. The van der Waals surface area contributed by atoms with E-state index in [0.717, 1.165) is 18.7 Å². The molecule has 0 amide bonds. The van der Waals surface area contributed by atoms with Gasteiger partial charge in [-0.15, -0.1) is 0 Å². The lowest BCUT2D eigenvalue weighted by atomic mass is 9.82. The van der Waals surface area contributed by atoms with Crippen molar-refractivity contribution >= 4 is 0 Å². The SMILES string of the molecule is CC(CNCc1cccc(C#N)c1)C(C)(C)C. The molecule has 2 nitrogen and oxygen atoms in total. The molecule has 0 aliphatic carbocycles. The van der Waals surface area contributed by atoms with Crippen molar-refractivity contribution in [1.29, 1.82) is 5.26 Å². The minimum atomic E-state index is 0.335. The van der Waals surface area contributed by atoms with Gasteiger partial charge in [0.2, 0.25) is 0 Å². The Labute approximate surface area is 105 Å². The first-order valence-corrected chi connectivity index (χ1v) is 6.13. The second kappa shape index (κ2) is 5.84. The van der Waals surface area contributed by atoms with Gasteiger partial charge in [-0.3, -0.25) is 0 Å². The van der Waals surface area contributed by atoms with Gasteiger partial charge < -0.3 is 5.32 Å². The highest BCUT2D eigenvalue weighted by Crippen LogP contribution is 2.24. The van der Waals surface area contributed by atoms with Crippen LogP contribution < -0.4 is 5.32 Å². The zero-order chi connectivity index (χ0) is 12.9. The number of hydrogen-bond acceptors (Lipinski definition) is 2. The van der Waals surface area contributed by atoms with Crippen molar-refractivity contribution in [3.63, 3.8) is 0 Å². The fourth-order valence-electron chi connectivity index (χ4n) is 1.49. The molecule has 1 aromatic rings. The van der Waals surface area contributed by atoms with E-state index in [1.54, 1.807) is 0 Å². The average molecular weight is 230 g/mol. The second-order valence-electron chi connectivity index (χ2n) is 5.71. The van der Waals surface area contributed by atoms with Crippen LogP contribution >= 0.6 is 0 Å². The van der Waals surface area contributed by atoms with Gasteiger partial charge in [0.25, 0.3) is 0 Å². The van der Waals surface area contributed by atoms with Crippen LogP contribution in [0.25, 0.3) is 0 Å². The number of hydrogen-bond donors (Lipinski definition) is 1. The van der Waals surface area contributed by atoms with Crippen molar-refractivity contribution in [3.05, 3.63) is 35.4 Å². The maximum atomic E-state index is 8.81. The zero-order valence-corrected chi connectivity index (χ0v) is 11.2. The Hall–Kier alpha value is -1.33. The zero-order valence-electron chi connectivity index (χ0n) is 11.2. The van der Waals surface area contributed by atoms with Gasteiger partial charge in [0.15, 0.2) is 0 Å². The van der Waals surface area contributed by atoms with Crippen LogP contribution in [-0.4, -0.2) is 6.54 Å². The molecule has 0 aliphatic heterocycles. The van der Waals surface area contributed by atoms with Crippen LogP contribution in [0.3, 0.4) is 0 Å². The van der Waals surface area contributed by atoms with Crippen LogP contribution in [0.15, 0.2) is 24.3 Å². The third-order valence-electron chi connectivity index (χ3n) is 3.31. The van der Waals surface area contributed by atoms with E-state index in [-0.39, 0.29) is 0 Å². The Morgan fingerprint density at radius 3 is 2.65 bits per heavy atom. The number of nitrogens with zero attached hydrogens (tertiary/aromatic N) is 1. The fourth-order valence-corrected chi connectivity index (χ4v) is 1.49. The Kier molecular flexibility index (Phi) is 4.72. The van der Waals surface area contributed by atoms with Gasteiger partial charge in [0.05, 0.1) is 11.6 Å². The molecule has 92 valence electrons. The van der Waals surface area contributed by atoms with E-state index in [0.29, 0.717) is 11.3 Å². The average Bonchev–Trinajstić information content (AvgIpc) is 2.28. The summed E-state index contributed by atoms with van der Waals surface area (Å²) in [6.07, 6.45) is 0. The van der Waals surface area contributed by atoms with E-state index in [9.17, 15) is 0 Å². The van der Waals surface area contributed by atoms with Gasteiger partial charge >= 0.3 is 0 Å². The highest BCUT2D eigenvalue weighted by Gasteiger charge is 2.18. The van der Waals surface area contributed by atoms with Crippen LogP contribution in [0.1, 0.15) is 38.8 Å². The molecule has 17 heavy (non-hydrogen) atoms. The summed E-state index contributed by atoms with van der Waals surface area (Å²) < 4.78 is 0. The van der Waals surface area contributed by atoms with E-state index >= 15 is 0 Å². The second-order valence-corrected chi connectivity index (χ2v) is 5.71. The van der Waals surface area contributed by atoms with Crippen molar-refractivity contribution in [2.45, 2.75) is 34.2 Å². The summed E-state index contributed by atoms with van der Waals surface area (Å²) in [5.74, 6) is 0.627. The molecule has 0 aliphatic rings. The van der Waals surface area contributed by atoms with Crippen LogP contribution in [0.4, 0.5) is 0 Å². The molecular weight excluding hydrogens is 208 g/mol. The first-order valence-electron chi connectivity index (χ1n) is 6.13. The third-order valence-corrected chi connectivity index (χ3v) is 3.31. The predicted octanol–water partition coefficient (Wildman–Crippen LogP) is 3.33. The van der Waals surface area contributed by atoms with Crippen LogP contribution in [0.2, 0.25) is 0 Å². The molecule has 1 aromatic carbocycles. The van der Waals surface area contributed by atoms with Crippen molar-refractivity contribution in [1.82, 2.24) is 5.32 Å². The summed E-state index contributed by atoms with van der Waals surface area (Å²) in [5.41, 5.74) is 2.24. The van der Waals surface area contributed by atoms with Crippen LogP contribution in [0.5, 0.6) is 0 Å². The Balaban J connectivity index is 2.44. The van der Waals surface area contributed by atoms with Crippen LogP contribution in [-0.2, 0) is 6.54 Å². The van der Waals surface area contributed by atoms with Gasteiger partial charge in [-0.2, -0.15) is 5.26 Å². The molecule has 0 bridgehead atoms. The maximum Gasteiger partial charge on any atom is 0.0991 e. The Morgan fingerprint density at radius 2 is 2.06 bits per heavy atom. The Bertz CT molecular complexity index is 396. The molecule has 1 atom stereocenters. The van der Waals surface area contributed by atoms with E-state index in [1.165, 1.54) is 5.56 Å². The third kappa shape index (κ3) is 4.58. The predicted molar refractivity (Wildman–Crippen MR) is 71.5 cm³/mol. The molecule has 1 N–H and O–H groups in total. The van der Waals surface area contributed by atoms with Gasteiger partial charge in [0, 0.05) is 6.54 Å². The van der Waals surface area contributed by atoms with Crippen molar-refractivity contribution in [3.8, 4) is 6.07 Å². The molecule has 0 saturated carbocycles. The molecular formula is C15H22N2. The summed E-state index contributed by atoms with van der Waals surface area (Å²) in [6, 6.07) is 9.92. The van der Waals surface area contributed by atoms with E-state index < -0.39 is 0 Å². The standard InChI is InChI=1S/C15H22N2/c1-12(15(2,3)4)10-17-11-14-7-5-6-13(8-14)9-16/h5-8,12,17H,10-11H2,1-4H3. The lowest BCUT2D eigenvalue weighted by Gasteiger charge is -2.27. The van der Waals surface area contributed by atoms with E-state index in [2.05, 4.69) is 45.1 Å². The topological polar surface area (TPSA) is 35.8 Å². The van der Waals surface area contributed by atoms with Gasteiger partial charge in [-0.25, -0.2) is 0 Å². The first kappa shape index (κ1) is 13.7. The van der Waals surface area contributed by atoms with E-state index in [1.807, 2.05) is 18.2 Å². The van der Waals surface area contributed by atoms with Crippen molar-refractivity contribution < 1.29 is 0 Å². The summed E-state index contributed by atoms with van der Waals surface area (Å²) in [7, 11) is 0. The molecule has 1 unspecified atom stereocenters. The lowest BCUT2D eigenvalue weighted by molar-refractivity contribution is 0.252. The number of nitriles is 1. The Morgan fingerprint density at radius 1 is 1.35 bits per heavy atom. The molecule has 0 aromatic heterocycles. The number of benzene rings is 1.